The third-order valence-electron chi connectivity index (χ3n) is 8.80. The average molecular weight is 764 g/mol. The molecule has 0 atom stereocenters. The molecule has 0 spiro atoms. The molecule has 0 bridgehead atoms. The number of pyridine rings is 2. The largest absolute Gasteiger partial charge is 0.309 e. The number of aryl methyl sites for hydroxylation is 1. The summed E-state index contributed by atoms with van der Waals surface area (Å²) in [4.78, 5) is 8.89. The standard InChI is InChI=1S/C29H23N2.C12H10N.Ir/c1-3-8-19(9-4-1)21-14-15-27-24(16-21)22-12-7-13-23-25-18-30-26(20-10-5-2-6-11-20)17-28(25)31(27)29(22)23;1-10-7-8-12(13-9-10)11-5-3-2-4-6-11;/h2,5-7,10,12-19H,1,3-4,8-9H2;2-5,7-9H,1H3;/q2*-1;/i19D;1D3;. The Kier molecular flexibility index (Phi) is 6.95. The van der Waals surface area contributed by atoms with Gasteiger partial charge in [-0.3, -0.25) is 0 Å². The van der Waals surface area contributed by atoms with Crippen molar-refractivity contribution in [2.24, 2.45) is 0 Å². The summed E-state index contributed by atoms with van der Waals surface area (Å²) in [6.07, 6.45) is 8.91. The van der Waals surface area contributed by atoms with E-state index >= 15 is 0 Å². The van der Waals surface area contributed by atoms with Crippen LogP contribution in [-0.2, 0) is 20.1 Å². The van der Waals surface area contributed by atoms with Crippen molar-refractivity contribution in [2.45, 2.75) is 44.8 Å². The van der Waals surface area contributed by atoms with Crippen molar-refractivity contribution in [1.82, 2.24) is 14.4 Å². The van der Waals surface area contributed by atoms with E-state index in [2.05, 4.69) is 70.0 Å². The van der Waals surface area contributed by atoms with Crippen LogP contribution in [0.3, 0.4) is 0 Å². The molecule has 0 aliphatic heterocycles. The first-order valence-electron chi connectivity index (χ1n) is 17.3. The second kappa shape index (κ2) is 12.6. The summed E-state index contributed by atoms with van der Waals surface area (Å²) in [5.74, 6) is -0.444. The molecule has 4 aromatic heterocycles. The molecule has 1 aliphatic carbocycles. The maximum atomic E-state index is 9.13. The molecule has 0 amide bonds. The predicted octanol–water partition coefficient (Wildman–Crippen LogP) is 10.6. The van der Waals surface area contributed by atoms with Crippen LogP contribution in [0, 0.1) is 19.0 Å². The summed E-state index contributed by atoms with van der Waals surface area (Å²) in [5.41, 5.74) is 8.62. The van der Waals surface area contributed by atoms with E-state index in [9.17, 15) is 0 Å². The maximum absolute atomic E-state index is 9.13. The van der Waals surface area contributed by atoms with Crippen LogP contribution < -0.4 is 0 Å². The fraction of sp³-hybridized carbons (Fsp3) is 0.171. The molecule has 0 N–H and O–H groups in total. The molecule has 1 fully saturated rings. The Labute approximate surface area is 283 Å². The van der Waals surface area contributed by atoms with Gasteiger partial charge in [0.15, 0.2) is 0 Å². The van der Waals surface area contributed by atoms with Gasteiger partial charge in [-0.1, -0.05) is 61.7 Å². The van der Waals surface area contributed by atoms with Gasteiger partial charge in [0.2, 0.25) is 0 Å². The van der Waals surface area contributed by atoms with Crippen LogP contribution in [0.25, 0.3) is 60.6 Å². The number of para-hydroxylation sites is 1. The van der Waals surface area contributed by atoms with Gasteiger partial charge in [0.05, 0.1) is 11.0 Å². The van der Waals surface area contributed by atoms with Crippen molar-refractivity contribution in [1.29, 1.82) is 0 Å². The first-order chi connectivity index (χ1) is 23.3. The number of hydrogen-bond donors (Lipinski definition) is 0. The van der Waals surface area contributed by atoms with Crippen LogP contribution in [-0.4, -0.2) is 14.4 Å². The summed E-state index contributed by atoms with van der Waals surface area (Å²) in [6.45, 7) is -2.09. The van der Waals surface area contributed by atoms with Crippen molar-refractivity contribution in [3.8, 4) is 22.5 Å². The van der Waals surface area contributed by atoms with Gasteiger partial charge in [0.25, 0.3) is 0 Å². The quantitative estimate of drug-likeness (QED) is 0.168. The zero-order chi connectivity index (χ0) is 32.9. The zero-order valence-electron chi connectivity index (χ0n) is 28.7. The minimum Gasteiger partial charge on any atom is -0.309 e. The predicted molar refractivity (Wildman–Crippen MR) is 182 cm³/mol. The molecular formula is C41H33IrN3-2. The molecule has 4 heteroatoms. The number of nitrogens with zero attached hydrogens (tertiary/aromatic N) is 3. The minimum atomic E-state index is -2.09. The Hall–Kier alpha value is -4.37. The summed E-state index contributed by atoms with van der Waals surface area (Å²) in [6, 6.07) is 40.6. The summed E-state index contributed by atoms with van der Waals surface area (Å²) in [5, 5.41) is 4.94. The van der Waals surface area contributed by atoms with Crippen molar-refractivity contribution in [3.63, 3.8) is 0 Å². The van der Waals surface area contributed by atoms with E-state index in [0.29, 0.717) is 0 Å². The van der Waals surface area contributed by atoms with Gasteiger partial charge in [0.1, 0.15) is 0 Å². The van der Waals surface area contributed by atoms with Crippen molar-refractivity contribution in [3.05, 3.63) is 139 Å². The Morgan fingerprint density at radius 2 is 1.42 bits per heavy atom. The molecule has 9 rings (SSSR count). The molecule has 1 saturated carbocycles. The smallest absolute Gasteiger partial charge is 0.0620 e. The molecule has 1 aliphatic rings. The van der Waals surface area contributed by atoms with Gasteiger partial charge < -0.3 is 14.4 Å². The SMILES string of the molecule is [2H]C([2H])([2H])c1ccc(-c2[c-]cccc2)nc1.[2H]C1(c2ccc3c(c2)c2cccc4c5cnc(-c6[c-]cccc6)cc5n3c24)CCCCC1.[Ir]. The van der Waals surface area contributed by atoms with Gasteiger partial charge in [-0.25, -0.2) is 0 Å². The van der Waals surface area contributed by atoms with E-state index in [1.54, 1.807) is 18.2 Å². The van der Waals surface area contributed by atoms with Gasteiger partial charge in [0, 0.05) is 65.0 Å². The number of fused-ring (bicyclic) bond motifs is 6. The van der Waals surface area contributed by atoms with E-state index in [1.165, 1.54) is 56.3 Å². The number of hydrogen-bond acceptors (Lipinski definition) is 2. The summed E-state index contributed by atoms with van der Waals surface area (Å²) >= 11 is 0. The van der Waals surface area contributed by atoms with Gasteiger partial charge in [-0.2, -0.15) is 0 Å². The van der Waals surface area contributed by atoms with Crippen LogP contribution in [0.5, 0.6) is 0 Å². The van der Waals surface area contributed by atoms with E-state index < -0.39 is 12.7 Å². The molecule has 1 radical (unpaired) electrons. The topological polar surface area (TPSA) is 30.2 Å². The summed E-state index contributed by atoms with van der Waals surface area (Å²) in [7, 11) is 0. The molecule has 3 nitrogen and oxygen atoms in total. The van der Waals surface area contributed by atoms with Gasteiger partial charge >= 0.3 is 0 Å². The fourth-order valence-electron chi connectivity index (χ4n) is 6.67. The summed E-state index contributed by atoms with van der Waals surface area (Å²) < 4.78 is 33.2. The molecule has 4 heterocycles. The minimum absolute atomic E-state index is 0. The van der Waals surface area contributed by atoms with Gasteiger partial charge in [-0.05, 0) is 60.2 Å². The monoisotopic (exact) mass is 764 g/mol. The van der Waals surface area contributed by atoms with E-state index in [4.69, 9.17) is 10.5 Å². The van der Waals surface area contributed by atoms with Crippen LogP contribution in [0.2, 0.25) is 0 Å². The third-order valence-corrected chi connectivity index (χ3v) is 8.80. The molecule has 8 aromatic rings. The maximum Gasteiger partial charge on any atom is 0.0620 e. The van der Waals surface area contributed by atoms with Crippen molar-refractivity contribution >= 4 is 38.1 Å². The molecular weight excluding hydrogens is 727 g/mol. The van der Waals surface area contributed by atoms with E-state index in [-0.39, 0.29) is 25.7 Å². The van der Waals surface area contributed by atoms with Crippen LogP contribution in [0.1, 0.15) is 54.6 Å². The molecule has 223 valence electrons. The third kappa shape index (κ3) is 5.43. The molecule has 4 aromatic carbocycles. The Morgan fingerprint density at radius 1 is 0.689 bits per heavy atom. The zero-order valence-corrected chi connectivity index (χ0v) is 27.1. The number of aromatic nitrogens is 3. The molecule has 0 unspecified atom stereocenters. The van der Waals surface area contributed by atoms with Crippen LogP contribution in [0.15, 0.2) is 116 Å². The second-order valence-corrected chi connectivity index (χ2v) is 11.5. The molecule has 0 saturated heterocycles. The Bertz CT molecular complexity index is 2360. The van der Waals surface area contributed by atoms with Crippen molar-refractivity contribution in [2.75, 3.05) is 0 Å². The van der Waals surface area contributed by atoms with Crippen molar-refractivity contribution < 1.29 is 25.6 Å². The number of benzene rings is 4. The second-order valence-electron chi connectivity index (χ2n) is 11.5. The Balaban J connectivity index is 0.000000189. The van der Waals surface area contributed by atoms with E-state index in [0.717, 1.165) is 48.2 Å². The van der Waals surface area contributed by atoms with Crippen LogP contribution >= 0.6 is 0 Å². The average Bonchev–Trinajstić information content (AvgIpc) is 3.64. The fourth-order valence-corrected chi connectivity index (χ4v) is 6.67. The van der Waals surface area contributed by atoms with E-state index in [1.807, 2.05) is 42.6 Å². The molecule has 45 heavy (non-hydrogen) atoms. The normalized spacial score (nSPS) is 15.9. The Morgan fingerprint density at radius 3 is 2.11 bits per heavy atom. The number of rotatable bonds is 3. The van der Waals surface area contributed by atoms with Gasteiger partial charge in [-0.15, -0.1) is 71.8 Å². The first-order valence-corrected chi connectivity index (χ1v) is 15.3. The first kappa shape index (κ1) is 24.9. The van der Waals surface area contributed by atoms with Crippen LogP contribution in [0.4, 0.5) is 0 Å².